The van der Waals surface area contributed by atoms with Crippen molar-refractivity contribution in [3.63, 3.8) is 0 Å². The second-order valence-corrected chi connectivity index (χ2v) is 29.0. The Morgan fingerprint density at radius 1 is 0.361 bits per heavy atom. The number of hydrogen-bond acceptors (Lipinski definition) is 2. The predicted octanol–water partition coefficient (Wildman–Crippen LogP) is 20.1. The van der Waals surface area contributed by atoms with Gasteiger partial charge in [0.1, 0.15) is 0 Å². The van der Waals surface area contributed by atoms with Gasteiger partial charge in [-0.3, -0.25) is 0 Å². The molecule has 0 radical (unpaired) electrons. The zero-order chi connectivity index (χ0) is 52.4. The van der Waals surface area contributed by atoms with E-state index in [2.05, 4.69) is 246 Å². The van der Waals surface area contributed by atoms with Gasteiger partial charge in [0.2, 0.25) is 0 Å². The topological polar surface area (TPSA) is 6.48 Å². The molecular formula is C70H88N2. The standard InChI is InChI=1S/C70H88N2/c1-42-32-61(45(4)62(33-42)72(48-24-27-51-56(38-48)66(12,13)29-28-64(51,8)9)59-39-57-54(34-43(59)2)65(10,11)30-31-67(57,14)15)71(60-40-58-55(35-44(60)3)68(16,17)41-69(58,18)19)47-23-26-50-49-25-22-46(63(5,6)7)36-52(49)70(20,21)53(50)37-47/h22-27,32-40H,28-31,41H2,1-21H3. The van der Waals surface area contributed by atoms with Crippen LogP contribution in [0.25, 0.3) is 11.1 Å². The zero-order valence-corrected chi connectivity index (χ0v) is 48.6. The highest BCUT2D eigenvalue weighted by atomic mass is 15.2. The highest BCUT2D eigenvalue weighted by Gasteiger charge is 2.44. The fourth-order valence-corrected chi connectivity index (χ4v) is 14.5. The summed E-state index contributed by atoms with van der Waals surface area (Å²) < 4.78 is 0. The van der Waals surface area contributed by atoms with E-state index in [0.29, 0.717) is 0 Å². The molecule has 10 rings (SSSR count). The molecule has 0 aliphatic heterocycles. The van der Waals surface area contributed by atoms with E-state index in [1.54, 1.807) is 0 Å². The molecule has 0 saturated heterocycles. The van der Waals surface area contributed by atoms with Gasteiger partial charge in [-0.15, -0.1) is 0 Å². The van der Waals surface area contributed by atoms with Crippen LogP contribution in [0.1, 0.15) is 222 Å². The number of aryl methyl sites for hydroxylation is 3. The molecule has 2 nitrogen and oxygen atoms in total. The van der Waals surface area contributed by atoms with Crippen LogP contribution >= 0.6 is 0 Å². The van der Waals surface area contributed by atoms with E-state index in [1.165, 1.54) is 143 Å². The molecule has 6 aromatic rings. The second kappa shape index (κ2) is 16.0. The lowest BCUT2D eigenvalue weighted by molar-refractivity contribution is 0.331. The Hall–Kier alpha value is -5.08. The lowest BCUT2D eigenvalue weighted by Crippen LogP contribution is -2.34. The Morgan fingerprint density at radius 3 is 1.22 bits per heavy atom. The Morgan fingerprint density at radius 2 is 0.736 bits per heavy atom. The van der Waals surface area contributed by atoms with Gasteiger partial charge in [0.05, 0.1) is 11.4 Å². The number of rotatable bonds is 6. The van der Waals surface area contributed by atoms with Gasteiger partial charge < -0.3 is 9.80 Å². The second-order valence-electron chi connectivity index (χ2n) is 29.0. The zero-order valence-electron chi connectivity index (χ0n) is 48.6. The van der Waals surface area contributed by atoms with E-state index in [9.17, 15) is 0 Å². The molecular weight excluding hydrogens is 869 g/mol. The van der Waals surface area contributed by atoms with E-state index in [1.807, 2.05) is 0 Å². The molecule has 0 heterocycles. The van der Waals surface area contributed by atoms with Crippen molar-refractivity contribution in [2.45, 2.75) is 221 Å². The van der Waals surface area contributed by atoms with E-state index in [4.69, 9.17) is 0 Å². The van der Waals surface area contributed by atoms with Crippen molar-refractivity contribution in [1.82, 2.24) is 0 Å². The van der Waals surface area contributed by atoms with E-state index >= 15 is 0 Å². The molecule has 0 spiro atoms. The maximum Gasteiger partial charge on any atom is 0.0514 e. The van der Waals surface area contributed by atoms with Crippen LogP contribution in [0.3, 0.4) is 0 Å². The summed E-state index contributed by atoms with van der Waals surface area (Å²) in [5.41, 5.74) is 28.9. The lowest BCUT2D eigenvalue weighted by atomic mass is 9.62. The Bertz CT molecular complexity index is 3220. The van der Waals surface area contributed by atoms with Crippen LogP contribution < -0.4 is 9.80 Å². The van der Waals surface area contributed by atoms with Crippen molar-refractivity contribution in [3.8, 4) is 11.1 Å². The van der Waals surface area contributed by atoms with Crippen molar-refractivity contribution in [1.29, 1.82) is 0 Å². The van der Waals surface area contributed by atoms with Crippen LogP contribution in [0, 0.1) is 27.7 Å². The number of fused-ring (bicyclic) bond motifs is 6. The first-order valence-electron chi connectivity index (χ1n) is 27.6. The first-order chi connectivity index (χ1) is 33.2. The van der Waals surface area contributed by atoms with Gasteiger partial charge in [-0.1, -0.05) is 160 Å². The van der Waals surface area contributed by atoms with E-state index < -0.39 is 0 Å². The minimum atomic E-state index is -0.169. The summed E-state index contributed by atoms with van der Waals surface area (Å²) in [5.74, 6) is 0. The van der Waals surface area contributed by atoms with Gasteiger partial charge >= 0.3 is 0 Å². The molecule has 2 heteroatoms. The molecule has 4 aliphatic rings. The molecule has 0 fully saturated rings. The molecule has 0 bridgehead atoms. The van der Waals surface area contributed by atoms with Gasteiger partial charge in [0.25, 0.3) is 0 Å². The molecule has 4 aliphatic carbocycles. The summed E-state index contributed by atoms with van der Waals surface area (Å²) in [4.78, 5) is 5.33. The summed E-state index contributed by atoms with van der Waals surface area (Å²) >= 11 is 0. The molecule has 72 heavy (non-hydrogen) atoms. The van der Waals surface area contributed by atoms with Crippen LogP contribution in [0.2, 0.25) is 0 Å². The van der Waals surface area contributed by atoms with Crippen molar-refractivity contribution < 1.29 is 0 Å². The molecule has 0 unspecified atom stereocenters. The first-order valence-corrected chi connectivity index (χ1v) is 27.6. The first kappa shape index (κ1) is 50.5. The third kappa shape index (κ3) is 7.84. The van der Waals surface area contributed by atoms with Gasteiger partial charge in [0.15, 0.2) is 0 Å². The molecule has 378 valence electrons. The lowest BCUT2D eigenvalue weighted by Gasteiger charge is -2.44. The Balaban J connectivity index is 1.25. The van der Waals surface area contributed by atoms with Crippen molar-refractivity contribution in [3.05, 3.63) is 163 Å². The Kier molecular flexibility index (Phi) is 11.2. The van der Waals surface area contributed by atoms with Crippen LogP contribution in [-0.4, -0.2) is 0 Å². The SMILES string of the molecule is Cc1cc(N(c2ccc3c(c2)C(C)(C)CCC3(C)C)c2cc3c(cc2C)C(C)(C)CCC3(C)C)c(C)c(N(c2ccc3c(c2)C(C)(C)c2cc(C(C)(C)C)ccc2-3)c2cc3c(cc2C)C(C)(C)CC3(C)C)c1. The number of anilines is 6. The average molecular weight is 957 g/mol. The quantitative estimate of drug-likeness (QED) is 0.164. The maximum absolute atomic E-state index is 2.67. The van der Waals surface area contributed by atoms with E-state index in [0.717, 1.165) is 6.42 Å². The molecule has 0 aromatic heterocycles. The molecule has 0 saturated carbocycles. The summed E-state index contributed by atoms with van der Waals surface area (Å²) in [5, 5.41) is 0. The number of benzene rings is 6. The minimum Gasteiger partial charge on any atom is -0.310 e. The minimum absolute atomic E-state index is 0.0456. The fraction of sp³-hybridized carbons (Fsp3) is 0.486. The van der Waals surface area contributed by atoms with Crippen LogP contribution in [0.5, 0.6) is 0 Å². The third-order valence-corrected chi connectivity index (χ3v) is 19.2. The smallest absolute Gasteiger partial charge is 0.0514 e. The summed E-state index contributed by atoms with van der Waals surface area (Å²) in [6.45, 7) is 50.9. The number of hydrogen-bond donors (Lipinski definition) is 0. The Labute approximate surface area is 437 Å². The molecule has 0 atom stereocenters. The van der Waals surface area contributed by atoms with Crippen LogP contribution in [0.15, 0.2) is 91.0 Å². The predicted molar refractivity (Wildman–Crippen MR) is 312 cm³/mol. The van der Waals surface area contributed by atoms with E-state index in [-0.39, 0.29) is 43.3 Å². The number of nitrogens with zero attached hydrogens (tertiary/aromatic N) is 2. The summed E-state index contributed by atoms with van der Waals surface area (Å²) in [7, 11) is 0. The molecule has 0 N–H and O–H groups in total. The van der Waals surface area contributed by atoms with Crippen LogP contribution in [0.4, 0.5) is 34.1 Å². The maximum atomic E-state index is 2.67. The largest absolute Gasteiger partial charge is 0.310 e. The molecule has 6 aromatic carbocycles. The highest BCUT2D eigenvalue weighted by Crippen LogP contribution is 2.57. The summed E-state index contributed by atoms with van der Waals surface area (Å²) in [6, 6.07) is 37.5. The van der Waals surface area contributed by atoms with Crippen molar-refractivity contribution in [2.24, 2.45) is 0 Å². The van der Waals surface area contributed by atoms with Gasteiger partial charge in [-0.2, -0.15) is 0 Å². The monoisotopic (exact) mass is 957 g/mol. The highest BCUT2D eigenvalue weighted by molar-refractivity contribution is 5.91. The third-order valence-electron chi connectivity index (χ3n) is 19.2. The van der Waals surface area contributed by atoms with Gasteiger partial charge in [0, 0.05) is 28.2 Å². The van der Waals surface area contributed by atoms with Crippen LogP contribution in [-0.2, 0) is 43.3 Å². The average Bonchev–Trinajstić information content (AvgIpc) is 3.61. The van der Waals surface area contributed by atoms with Gasteiger partial charge in [-0.05, 0) is 230 Å². The summed E-state index contributed by atoms with van der Waals surface area (Å²) in [6.07, 6.45) is 5.87. The van der Waals surface area contributed by atoms with Crippen molar-refractivity contribution >= 4 is 34.1 Å². The van der Waals surface area contributed by atoms with Crippen molar-refractivity contribution in [2.75, 3.05) is 9.80 Å². The van der Waals surface area contributed by atoms with Gasteiger partial charge in [-0.25, -0.2) is 0 Å². The molecule has 0 amide bonds. The fourth-order valence-electron chi connectivity index (χ4n) is 14.5. The normalized spacial score (nSPS) is 20.0.